The summed E-state index contributed by atoms with van der Waals surface area (Å²) in [5.41, 5.74) is 0.413. The highest BCUT2D eigenvalue weighted by Crippen LogP contribution is 2.16. The summed E-state index contributed by atoms with van der Waals surface area (Å²) in [6.07, 6.45) is 0. The number of nitrogens with two attached hydrogens (primary N) is 1. The molecule has 0 aliphatic carbocycles. The van der Waals surface area contributed by atoms with Crippen LogP contribution in [-0.2, 0) is 9.59 Å². The van der Waals surface area contributed by atoms with Crippen LogP contribution in [0.3, 0.4) is 0 Å². The molecule has 0 heterocycles. The maximum Gasteiger partial charge on any atom is 0.335 e. The minimum atomic E-state index is -1.11. The van der Waals surface area contributed by atoms with Crippen molar-refractivity contribution in [1.82, 2.24) is 0 Å². The molecule has 1 amide bonds. The number of nitrogens with one attached hydrogen (secondary N) is 1. The first-order chi connectivity index (χ1) is 12.5. The first kappa shape index (κ1) is 18.7. The quantitative estimate of drug-likeness (QED) is 0.299. The van der Waals surface area contributed by atoms with E-state index in [-0.39, 0.29) is 16.8 Å². The van der Waals surface area contributed by atoms with Crippen molar-refractivity contribution < 1.29 is 24.2 Å². The molecular formula is C18H17N3O5. The maximum atomic E-state index is 12.3. The number of hydrogen-bond donors (Lipinski definition) is 3. The SMILES string of the molecule is CCOc1ccc(NC(=O)C(=O)C(=NN)c2ccc(C(=O)O)cc2)cc1. The van der Waals surface area contributed by atoms with Crippen LogP contribution in [0, 0.1) is 0 Å². The molecule has 0 fully saturated rings. The first-order valence-corrected chi connectivity index (χ1v) is 7.66. The number of hydrogen-bond acceptors (Lipinski definition) is 6. The van der Waals surface area contributed by atoms with E-state index < -0.39 is 17.7 Å². The topological polar surface area (TPSA) is 131 Å². The van der Waals surface area contributed by atoms with Crippen LogP contribution in [0.25, 0.3) is 0 Å². The van der Waals surface area contributed by atoms with E-state index >= 15 is 0 Å². The number of nitrogens with zero attached hydrogens (tertiary/aromatic N) is 1. The Hall–Kier alpha value is -3.68. The molecule has 0 aliphatic rings. The summed E-state index contributed by atoms with van der Waals surface area (Å²) in [7, 11) is 0. The molecule has 0 saturated heterocycles. The van der Waals surface area contributed by atoms with Crippen LogP contribution in [0.1, 0.15) is 22.8 Å². The summed E-state index contributed by atoms with van der Waals surface area (Å²) in [5.74, 6) is 2.92. The second-order valence-corrected chi connectivity index (χ2v) is 5.10. The molecule has 0 bridgehead atoms. The molecule has 8 nitrogen and oxygen atoms in total. The number of Topliss-reactive ketones (excluding diaryl/α,β-unsaturated/α-hetero) is 1. The van der Waals surface area contributed by atoms with Crippen LogP contribution in [0.4, 0.5) is 5.69 Å². The van der Waals surface area contributed by atoms with E-state index in [2.05, 4.69) is 10.4 Å². The lowest BCUT2D eigenvalue weighted by Crippen LogP contribution is -2.31. The van der Waals surface area contributed by atoms with E-state index in [9.17, 15) is 14.4 Å². The Bertz CT molecular complexity index is 842. The third kappa shape index (κ3) is 4.44. The van der Waals surface area contributed by atoms with Crippen LogP contribution in [0.15, 0.2) is 53.6 Å². The van der Waals surface area contributed by atoms with Gasteiger partial charge in [0.1, 0.15) is 11.5 Å². The number of amides is 1. The summed E-state index contributed by atoms with van der Waals surface area (Å²) < 4.78 is 5.30. The number of rotatable bonds is 7. The molecule has 0 unspecified atom stereocenters. The second-order valence-electron chi connectivity index (χ2n) is 5.10. The molecule has 0 spiro atoms. The van der Waals surface area contributed by atoms with Crippen molar-refractivity contribution in [3.8, 4) is 5.75 Å². The van der Waals surface area contributed by atoms with Crippen molar-refractivity contribution in [2.75, 3.05) is 11.9 Å². The number of carboxylic acids is 1. The summed E-state index contributed by atoms with van der Waals surface area (Å²) in [6.45, 7) is 2.37. The van der Waals surface area contributed by atoms with E-state index in [1.165, 1.54) is 24.3 Å². The van der Waals surface area contributed by atoms with Crippen molar-refractivity contribution in [3.63, 3.8) is 0 Å². The Balaban J connectivity index is 2.12. The molecular weight excluding hydrogens is 338 g/mol. The molecule has 0 atom stereocenters. The van der Waals surface area contributed by atoms with Crippen molar-refractivity contribution in [2.45, 2.75) is 6.92 Å². The summed E-state index contributed by atoms with van der Waals surface area (Å²) in [4.78, 5) is 35.3. The minimum Gasteiger partial charge on any atom is -0.494 e. The number of anilines is 1. The van der Waals surface area contributed by atoms with Gasteiger partial charge in [0, 0.05) is 11.3 Å². The van der Waals surface area contributed by atoms with Gasteiger partial charge in [-0.05, 0) is 43.3 Å². The van der Waals surface area contributed by atoms with Crippen molar-refractivity contribution in [1.29, 1.82) is 0 Å². The van der Waals surface area contributed by atoms with E-state index in [0.717, 1.165) is 0 Å². The fourth-order valence-corrected chi connectivity index (χ4v) is 2.13. The van der Waals surface area contributed by atoms with Gasteiger partial charge in [-0.25, -0.2) is 4.79 Å². The maximum absolute atomic E-state index is 12.3. The van der Waals surface area contributed by atoms with Crippen LogP contribution >= 0.6 is 0 Å². The molecule has 0 aromatic heterocycles. The largest absolute Gasteiger partial charge is 0.494 e. The third-order valence-electron chi connectivity index (χ3n) is 3.38. The number of carbonyl (C=O) groups excluding carboxylic acids is 2. The molecule has 2 aromatic carbocycles. The normalized spacial score (nSPS) is 10.9. The van der Waals surface area contributed by atoms with Gasteiger partial charge in [0.05, 0.1) is 12.2 Å². The van der Waals surface area contributed by atoms with Crippen molar-refractivity contribution in [2.24, 2.45) is 10.9 Å². The molecule has 4 N–H and O–H groups in total. The Morgan fingerprint density at radius 3 is 2.12 bits per heavy atom. The number of carboxylic acid groups (broad SMARTS) is 1. The van der Waals surface area contributed by atoms with E-state index in [1.807, 2.05) is 6.92 Å². The molecule has 8 heteroatoms. The summed E-state index contributed by atoms with van der Waals surface area (Å²) >= 11 is 0. The van der Waals surface area contributed by atoms with Gasteiger partial charge in [-0.1, -0.05) is 12.1 Å². The number of ketones is 1. The number of carbonyl (C=O) groups is 3. The Morgan fingerprint density at radius 2 is 1.62 bits per heavy atom. The number of aromatic carboxylic acids is 1. The lowest BCUT2D eigenvalue weighted by molar-refractivity contribution is -0.130. The third-order valence-corrected chi connectivity index (χ3v) is 3.38. The zero-order valence-electron chi connectivity index (χ0n) is 13.9. The van der Waals surface area contributed by atoms with Crippen molar-refractivity contribution in [3.05, 3.63) is 59.7 Å². The van der Waals surface area contributed by atoms with Gasteiger partial charge in [0.2, 0.25) is 0 Å². The fourth-order valence-electron chi connectivity index (χ4n) is 2.13. The Labute approximate surface area is 149 Å². The summed E-state index contributed by atoms with van der Waals surface area (Å²) in [6, 6.07) is 11.8. The van der Waals surface area contributed by atoms with Crippen LogP contribution in [-0.4, -0.2) is 35.1 Å². The van der Waals surface area contributed by atoms with Crippen molar-refractivity contribution >= 4 is 29.1 Å². The summed E-state index contributed by atoms with van der Waals surface area (Å²) in [5, 5.41) is 14.7. The molecule has 26 heavy (non-hydrogen) atoms. The number of benzene rings is 2. The Kier molecular flexibility index (Phi) is 6.05. The van der Waals surface area contributed by atoms with Gasteiger partial charge in [0.25, 0.3) is 11.7 Å². The van der Waals surface area contributed by atoms with Gasteiger partial charge >= 0.3 is 5.97 Å². The molecule has 2 rings (SSSR count). The Morgan fingerprint density at radius 1 is 1.04 bits per heavy atom. The first-order valence-electron chi connectivity index (χ1n) is 7.66. The zero-order valence-corrected chi connectivity index (χ0v) is 13.9. The molecule has 2 aromatic rings. The highest BCUT2D eigenvalue weighted by atomic mass is 16.5. The average molecular weight is 355 g/mol. The predicted octanol–water partition coefficient (Wildman–Crippen LogP) is 1.65. The van der Waals surface area contributed by atoms with Crippen LogP contribution in [0.2, 0.25) is 0 Å². The van der Waals surface area contributed by atoms with E-state index in [0.29, 0.717) is 18.0 Å². The monoisotopic (exact) mass is 355 g/mol. The van der Waals surface area contributed by atoms with Crippen LogP contribution in [0.5, 0.6) is 5.75 Å². The predicted molar refractivity (Wildman–Crippen MR) is 95.4 cm³/mol. The highest BCUT2D eigenvalue weighted by Gasteiger charge is 2.22. The zero-order chi connectivity index (χ0) is 19.1. The van der Waals surface area contributed by atoms with E-state index in [4.69, 9.17) is 15.7 Å². The lowest BCUT2D eigenvalue weighted by Gasteiger charge is -2.08. The van der Waals surface area contributed by atoms with Gasteiger partial charge < -0.3 is 21.0 Å². The lowest BCUT2D eigenvalue weighted by atomic mass is 10.0. The standard InChI is InChI=1S/C18H17N3O5/c1-2-26-14-9-7-13(8-10-14)20-17(23)16(22)15(21-19)11-3-5-12(6-4-11)18(24)25/h3-10H,2,19H2,1H3,(H,20,23)(H,24,25). The average Bonchev–Trinajstić information content (AvgIpc) is 2.64. The molecule has 134 valence electrons. The van der Waals surface area contributed by atoms with Gasteiger partial charge in [0.15, 0.2) is 0 Å². The minimum absolute atomic E-state index is 0.0383. The second kappa shape index (κ2) is 8.43. The smallest absolute Gasteiger partial charge is 0.335 e. The van der Waals surface area contributed by atoms with Gasteiger partial charge in [-0.15, -0.1) is 0 Å². The van der Waals surface area contributed by atoms with Gasteiger partial charge in [-0.2, -0.15) is 5.10 Å². The van der Waals surface area contributed by atoms with Gasteiger partial charge in [-0.3, -0.25) is 9.59 Å². The molecule has 0 aliphatic heterocycles. The number of ether oxygens (including phenoxy) is 1. The van der Waals surface area contributed by atoms with Crippen LogP contribution < -0.4 is 15.9 Å². The molecule has 0 radical (unpaired) electrons. The molecule has 0 saturated carbocycles. The number of hydrazone groups is 1. The van der Waals surface area contributed by atoms with E-state index in [1.54, 1.807) is 24.3 Å². The highest BCUT2D eigenvalue weighted by molar-refractivity contribution is 6.69. The fraction of sp³-hybridized carbons (Fsp3) is 0.111.